The van der Waals surface area contributed by atoms with Crippen LogP contribution in [0.2, 0.25) is 0 Å². The number of methoxy groups -OCH3 is 1. The van der Waals surface area contributed by atoms with Crippen LogP contribution in [0.4, 0.5) is 22.0 Å². The maximum absolute atomic E-state index is 13.5. The Balaban J connectivity index is 3.94. The third-order valence-electron chi connectivity index (χ3n) is 3.59. The van der Waals surface area contributed by atoms with Gasteiger partial charge in [-0.05, 0) is 24.8 Å². The number of amides is 1. The zero-order valence-corrected chi connectivity index (χ0v) is 15.7. The number of carbonyl (C=O) groups excluding carboxylic acids is 2. The van der Waals surface area contributed by atoms with Crippen LogP contribution in [0.1, 0.15) is 64.9 Å². The van der Waals surface area contributed by atoms with Crippen molar-refractivity contribution in [2.45, 2.75) is 45.9 Å². The summed E-state index contributed by atoms with van der Waals surface area (Å²) in [6.45, 7) is 4.06. The van der Waals surface area contributed by atoms with Crippen molar-refractivity contribution in [3.8, 4) is 0 Å². The Hall–Kier alpha value is -2.30. The van der Waals surface area contributed by atoms with E-state index < -0.39 is 58.7 Å². The second kappa shape index (κ2) is 9.26. The molecule has 11 heteroatoms. The molecule has 0 spiro atoms. The highest BCUT2D eigenvalue weighted by Crippen LogP contribution is 2.37. The molecular weight excluding hydrogens is 391 g/mol. The molecule has 28 heavy (non-hydrogen) atoms. The molecule has 0 fully saturated rings. The van der Waals surface area contributed by atoms with E-state index in [1.807, 2.05) is 0 Å². The Bertz CT molecular complexity index is 733. The number of alkyl halides is 5. The Morgan fingerprint density at radius 2 is 1.75 bits per heavy atom. The standard InChI is InChI=1S/C17H21F5N2O4/c1-7(2)5-9-10(16(27)28-4)12(14(18)19)24-13(17(20,21)22)11(9)15(26)23-6-8(3)25/h7-8,14,25H,5-6H2,1-4H3,(H,23,26). The first-order chi connectivity index (χ1) is 12.8. The van der Waals surface area contributed by atoms with E-state index in [1.54, 1.807) is 13.8 Å². The van der Waals surface area contributed by atoms with E-state index in [9.17, 15) is 36.6 Å². The molecule has 0 aromatic carbocycles. The number of hydrogen-bond donors (Lipinski definition) is 2. The Morgan fingerprint density at radius 3 is 2.14 bits per heavy atom. The second-order valence-corrected chi connectivity index (χ2v) is 6.52. The molecule has 1 unspecified atom stereocenters. The number of aliphatic hydroxyl groups excluding tert-OH is 1. The van der Waals surface area contributed by atoms with Gasteiger partial charge in [0.2, 0.25) is 0 Å². The Morgan fingerprint density at radius 1 is 1.18 bits per heavy atom. The van der Waals surface area contributed by atoms with Crippen LogP contribution < -0.4 is 5.32 Å². The molecule has 158 valence electrons. The van der Waals surface area contributed by atoms with E-state index in [4.69, 9.17) is 0 Å². The van der Waals surface area contributed by atoms with Crippen LogP contribution in [0.5, 0.6) is 0 Å². The molecule has 0 aliphatic heterocycles. The minimum Gasteiger partial charge on any atom is -0.465 e. The van der Waals surface area contributed by atoms with Crippen molar-refractivity contribution in [1.82, 2.24) is 10.3 Å². The first-order valence-electron chi connectivity index (χ1n) is 8.27. The van der Waals surface area contributed by atoms with Gasteiger partial charge in [-0.15, -0.1) is 0 Å². The summed E-state index contributed by atoms with van der Waals surface area (Å²) in [6.07, 6.45) is -10.1. The molecule has 1 aromatic heterocycles. The quantitative estimate of drug-likeness (QED) is 0.531. The zero-order chi connectivity index (χ0) is 21.8. The van der Waals surface area contributed by atoms with Crippen molar-refractivity contribution >= 4 is 11.9 Å². The Kier molecular flexibility index (Phi) is 7.85. The van der Waals surface area contributed by atoms with E-state index in [0.717, 1.165) is 7.11 Å². The number of hydrogen-bond acceptors (Lipinski definition) is 5. The summed E-state index contributed by atoms with van der Waals surface area (Å²) in [6, 6.07) is 0. The lowest BCUT2D eigenvalue weighted by atomic mass is 9.90. The summed E-state index contributed by atoms with van der Waals surface area (Å²) < 4.78 is 71.9. The van der Waals surface area contributed by atoms with Gasteiger partial charge >= 0.3 is 12.1 Å². The average Bonchev–Trinajstić information content (AvgIpc) is 2.56. The van der Waals surface area contributed by atoms with Crippen LogP contribution in [-0.2, 0) is 17.3 Å². The van der Waals surface area contributed by atoms with Crippen molar-refractivity contribution in [3.63, 3.8) is 0 Å². The van der Waals surface area contributed by atoms with Gasteiger partial charge in [-0.2, -0.15) is 13.2 Å². The molecule has 1 amide bonds. The fourth-order valence-corrected chi connectivity index (χ4v) is 2.53. The number of pyridine rings is 1. The molecule has 1 heterocycles. The summed E-state index contributed by atoms with van der Waals surface area (Å²) in [5.41, 5.74) is -5.65. The van der Waals surface area contributed by atoms with Crippen molar-refractivity contribution in [1.29, 1.82) is 0 Å². The van der Waals surface area contributed by atoms with Gasteiger partial charge < -0.3 is 15.2 Å². The van der Waals surface area contributed by atoms with Crippen LogP contribution in [0.15, 0.2) is 0 Å². The first-order valence-corrected chi connectivity index (χ1v) is 8.27. The lowest BCUT2D eigenvalue weighted by molar-refractivity contribution is -0.141. The van der Waals surface area contributed by atoms with Gasteiger partial charge in [-0.3, -0.25) is 4.79 Å². The van der Waals surface area contributed by atoms with E-state index in [-0.39, 0.29) is 18.9 Å². The minimum absolute atomic E-state index is 0.285. The van der Waals surface area contributed by atoms with Gasteiger partial charge in [0, 0.05) is 6.54 Å². The summed E-state index contributed by atoms with van der Waals surface area (Å²) in [5.74, 6) is -3.00. The Labute approximate surface area is 158 Å². The lowest BCUT2D eigenvalue weighted by Crippen LogP contribution is -2.34. The second-order valence-electron chi connectivity index (χ2n) is 6.52. The lowest BCUT2D eigenvalue weighted by Gasteiger charge is -2.22. The van der Waals surface area contributed by atoms with Gasteiger partial charge in [0.05, 0.1) is 24.3 Å². The molecule has 2 N–H and O–H groups in total. The monoisotopic (exact) mass is 412 g/mol. The summed E-state index contributed by atoms with van der Waals surface area (Å²) >= 11 is 0. The molecule has 1 atom stereocenters. The predicted molar refractivity (Wildman–Crippen MR) is 88.1 cm³/mol. The third kappa shape index (κ3) is 5.60. The number of ether oxygens (including phenoxy) is 1. The van der Waals surface area contributed by atoms with Crippen LogP contribution in [0.3, 0.4) is 0 Å². The van der Waals surface area contributed by atoms with E-state index >= 15 is 0 Å². The molecule has 0 bridgehead atoms. The van der Waals surface area contributed by atoms with Gasteiger partial charge in [0.15, 0.2) is 5.69 Å². The maximum atomic E-state index is 13.5. The van der Waals surface area contributed by atoms with Gasteiger partial charge in [0.25, 0.3) is 12.3 Å². The smallest absolute Gasteiger partial charge is 0.434 e. The highest BCUT2D eigenvalue weighted by Gasteiger charge is 2.42. The van der Waals surface area contributed by atoms with Crippen LogP contribution in [0.25, 0.3) is 0 Å². The summed E-state index contributed by atoms with van der Waals surface area (Å²) in [4.78, 5) is 27.5. The van der Waals surface area contributed by atoms with Crippen molar-refractivity contribution in [3.05, 3.63) is 28.1 Å². The molecule has 6 nitrogen and oxygen atoms in total. The fraction of sp³-hybridized carbons (Fsp3) is 0.588. The van der Waals surface area contributed by atoms with E-state index in [0.29, 0.717) is 0 Å². The number of aromatic nitrogens is 1. The van der Waals surface area contributed by atoms with Crippen LogP contribution in [0, 0.1) is 5.92 Å². The minimum atomic E-state index is -5.23. The molecule has 1 aromatic rings. The largest absolute Gasteiger partial charge is 0.465 e. The number of rotatable bonds is 7. The number of nitrogens with one attached hydrogen (secondary N) is 1. The molecule has 0 saturated heterocycles. The summed E-state index contributed by atoms with van der Waals surface area (Å²) in [5, 5.41) is 11.4. The number of esters is 1. The van der Waals surface area contributed by atoms with Crippen molar-refractivity contribution in [2.75, 3.05) is 13.7 Å². The number of aliphatic hydroxyl groups is 1. The molecule has 0 aliphatic rings. The topological polar surface area (TPSA) is 88.5 Å². The highest BCUT2D eigenvalue weighted by atomic mass is 19.4. The van der Waals surface area contributed by atoms with Crippen molar-refractivity contribution < 1.29 is 41.4 Å². The zero-order valence-electron chi connectivity index (χ0n) is 15.7. The van der Waals surface area contributed by atoms with E-state index in [1.165, 1.54) is 6.92 Å². The maximum Gasteiger partial charge on any atom is 0.434 e. The molecule has 1 rings (SSSR count). The van der Waals surface area contributed by atoms with Gasteiger partial charge in [-0.25, -0.2) is 18.6 Å². The van der Waals surface area contributed by atoms with Crippen LogP contribution >= 0.6 is 0 Å². The first kappa shape index (κ1) is 23.7. The predicted octanol–water partition coefficient (Wildman–Crippen LogP) is 3.13. The summed E-state index contributed by atoms with van der Waals surface area (Å²) in [7, 11) is 0.877. The number of nitrogens with zero attached hydrogens (tertiary/aromatic N) is 1. The molecule has 0 radical (unpaired) electrons. The number of halogens is 5. The number of carbonyl (C=O) groups is 2. The van der Waals surface area contributed by atoms with Gasteiger partial charge in [0.1, 0.15) is 5.69 Å². The molecule has 0 saturated carbocycles. The molecular formula is C17H21F5N2O4. The SMILES string of the molecule is COC(=O)c1c(C(F)F)nc(C(F)(F)F)c(C(=O)NCC(C)O)c1CC(C)C. The average molecular weight is 412 g/mol. The van der Waals surface area contributed by atoms with Gasteiger partial charge in [-0.1, -0.05) is 13.8 Å². The fourth-order valence-electron chi connectivity index (χ4n) is 2.53. The van der Waals surface area contributed by atoms with E-state index in [2.05, 4.69) is 15.0 Å². The highest BCUT2D eigenvalue weighted by molar-refractivity contribution is 6.02. The molecule has 0 aliphatic carbocycles. The van der Waals surface area contributed by atoms with Crippen molar-refractivity contribution in [2.24, 2.45) is 5.92 Å². The normalized spacial score (nSPS) is 13.0. The van der Waals surface area contributed by atoms with Crippen LogP contribution in [-0.4, -0.2) is 41.7 Å². The third-order valence-corrected chi connectivity index (χ3v) is 3.59.